The van der Waals surface area contributed by atoms with E-state index in [4.69, 9.17) is 9.84 Å². The molecule has 0 aliphatic rings. The molecule has 1 aromatic heterocycles. The van der Waals surface area contributed by atoms with E-state index < -0.39 is 5.60 Å². The van der Waals surface area contributed by atoms with Gasteiger partial charge in [-0.05, 0) is 52.2 Å². The van der Waals surface area contributed by atoms with Gasteiger partial charge in [-0.15, -0.1) is 0 Å². The van der Waals surface area contributed by atoms with Gasteiger partial charge in [0.2, 0.25) is 0 Å². The van der Waals surface area contributed by atoms with E-state index in [0.717, 1.165) is 25.0 Å². The summed E-state index contributed by atoms with van der Waals surface area (Å²) in [6, 6.07) is 5.62. The van der Waals surface area contributed by atoms with Crippen LogP contribution in [-0.4, -0.2) is 21.7 Å². The molecule has 0 unspecified atom stereocenters. The van der Waals surface area contributed by atoms with Gasteiger partial charge in [-0.1, -0.05) is 6.07 Å². The molecule has 4 heteroatoms. The van der Waals surface area contributed by atoms with Crippen LogP contribution >= 0.6 is 0 Å². The summed E-state index contributed by atoms with van der Waals surface area (Å²) in [6.45, 7) is 5.57. The van der Waals surface area contributed by atoms with E-state index in [1.54, 1.807) is 6.07 Å². The summed E-state index contributed by atoms with van der Waals surface area (Å²) in [4.78, 5) is 15.8. The molecule has 0 spiro atoms. The number of aliphatic hydroxyl groups is 1. The number of ether oxygens (including phenoxy) is 1. The number of pyridine rings is 1. The first-order valence-electron chi connectivity index (χ1n) is 6.68. The lowest BCUT2D eigenvalue weighted by Crippen LogP contribution is -2.23. The molecule has 0 bridgehead atoms. The number of aliphatic hydroxyl groups excluding tert-OH is 1. The van der Waals surface area contributed by atoms with Crippen LogP contribution < -0.4 is 0 Å². The fourth-order valence-corrected chi connectivity index (χ4v) is 1.72. The number of rotatable bonds is 6. The van der Waals surface area contributed by atoms with Crippen LogP contribution in [0.5, 0.6) is 0 Å². The van der Waals surface area contributed by atoms with Crippen LogP contribution in [0.2, 0.25) is 0 Å². The Labute approximate surface area is 114 Å². The lowest BCUT2D eigenvalue weighted by atomic mass is 10.1. The van der Waals surface area contributed by atoms with Crippen molar-refractivity contribution in [3.63, 3.8) is 0 Å². The number of esters is 1. The summed E-state index contributed by atoms with van der Waals surface area (Å²) in [5, 5.41) is 8.99. The quantitative estimate of drug-likeness (QED) is 0.634. The summed E-state index contributed by atoms with van der Waals surface area (Å²) >= 11 is 0. The third-order valence-electron chi connectivity index (χ3n) is 2.51. The zero-order valence-electron chi connectivity index (χ0n) is 12.0. The molecule has 0 saturated carbocycles. The SMILES string of the molecule is CC(C)(C)OC(=O)CCCCc1cccc(CO)n1. The van der Waals surface area contributed by atoms with Gasteiger partial charge in [0.1, 0.15) is 5.60 Å². The second-order valence-electron chi connectivity index (χ2n) is 5.57. The molecule has 0 saturated heterocycles. The lowest BCUT2D eigenvalue weighted by molar-refractivity contribution is -0.154. The predicted octanol–water partition coefficient (Wildman–Crippen LogP) is 2.63. The van der Waals surface area contributed by atoms with Crippen molar-refractivity contribution in [2.75, 3.05) is 0 Å². The zero-order valence-corrected chi connectivity index (χ0v) is 12.0. The Morgan fingerprint density at radius 1 is 1.26 bits per heavy atom. The van der Waals surface area contributed by atoms with Gasteiger partial charge in [0.05, 0.1) is 12.3 Å². The highest BCUT2D eigenvalue weighted by Gasteiger charge is 2.15. The zero-order chi connectivity index (χ0) is 14.3. The van der Waals surface area contributed by atoms with E-state index in [9.17, 15) is 4.79 Å². The second-order valence-corrected chi connectivity index (χ2v) is 5.57. The number of nitrogens with zero attached hydrogens (tertiary/aromatic N) is 1. The standard InChI is InChI=1S/C15H23NO3/c1-15(2,3)19-14(18)10-5-4-7-12-8-6-9-13(11-17)16-12/h6,8-9,17H,4-5,7,10-11H2,1-3H3. The molecule has 106 valence electrons. The van der Waals surface area contributed by atoms with Crippen molar-refractivity contribution < 1.29 is 14.6 Å². The van der Waals surface area contributed by atoms with Crippen molar-refractivity contribution in [3.8, 4) is 0 Å². The molecule has 0 aromatic carbocycles. The molecule has 1 aromatic rings. The summed E-state index contributed by atoms with van der Waals surface area (Å²) in [7, 11) is 0. The topological polar surface area (TPSA) is 59.4 Å². The molecule has 1 heterocycles. The molecule has 0 radical (unpaired) electrons. The first-order valence-corrected chi connectivity index (χ1v) is 6.68. The van der Waals surface area contributed by atoms with Gasteiger partial charge in [0.25, 0.3) is 0 Å². The molecular formula is C15H23NO3. The van der Waals surface area contributed by atoms with E-state index in [2.05, 4.69) is 4.98 Å². The van der Waals surface area contributed by atoms with Crippen molar-refractivity contribution in [3.05, 3.63) is 29.6 Å². The number of hydrogen-bond acceptors (Lipinski definition) is 4. The fourth-order valence-electron chi connectivity index (χ4n) is 1.72. The minimum atomic E-state index is -0.409. The van der Waals surface area contributed by atoms with Crippen LogP contribution in [0.25, 0.3) is 0 Å². The molecule has 0 atom stereocenters. The van der Waals surface area contributed by atoms with Crippen LogP contribution in [-0.2, 0) is 22.6 Å². The normalized spacial score (nSPS) is 11.4. The smallest absolute Gasteiger partial charge is 0.306 e. The number of aromatic nitrogens is 1. The molecule has 19 heavy (non-hydrogen) atoms. The van der Waals surface area contributed by atoms with E-state index in [0.29, 0.717) is 12.1 Å². The minimum absolute atomic E-state index is 0.0360. The molecule has 4 nitrogen and oxygen atoms in total. The number of unbranched alkanes of at least 4 members (excludes halogenated alkanes) is 1. The predicted molar refractivity (Wildman–Crippen MR) is 73.6 cm³/mol. The average Bonchev–Trinajstić information content (AvgIpc) is 2.33. The number of hydrogen-bond donors (Lipinski definition) is 1. The van der Waals surface area contributed by atoms with Crippen molar-refractivity contribution >= 4 is 5.97 Å². The van der Waals surface area contributed by atoms with E-state index in [-0.39, 0.29) is 12.6 Å². The molecule has 1 N–H and O–H groups in total. The van der Waals surface area contributed by atoms with Gasteiger partial charge in [-0.3, -0.25) is 9.78 Å². The Bertz CT molecular complexity index is 410. The van der Waals surface area contributed by atoms with E-state index >= 15 is 0 Å². The van der Waals surface area contributed by atoms with Gasteiger partial charge >= 0.3 is 5.97 Å². The van der Waals surface area contributed by atoms with Crippen molar-refractivity contribution in [2.45, 2.75) is 58.7 Å². The largest absolute Gasteiger partial charge is 0.460 e. The Balaban J connectivity index is 2.25. The molecule has 0 aliphatic heterocycles. The highest BCUT2D eigenvalue weighted by molar-refractivity contribution is 5.69. The van der Waals surface area contributed by atoms with E-state index in [1.807, 2.05) is 32.9 Å². The van der Waals surface area contributed by atoms with E-state index in [1.165, 1.54) is 0 Å². The maximum atomic E-state index is 11.5. The number of aryl methyl sites for hydroxylation is 1. The third kappa shape index (κ3) is 6.91. The van der Waals surface area contributed by atoms with Gasteiger partial charge < -0.3 is 9.84 Å². The maximum Gasteiger partial charge on any atom is 0.306 e. The molecular weight excluding hydrogens is 242 g/mol. The van der Waals surface area contributed by atoms with Crippen molar-refractivity contribution in [2.24, 2.45) is 0 Å². The highest BCUT2D eigenvalue weighted by Crippen LogP contribution is 2.11. The average molecular weight is 265 g/mol. The van der Waals surface area contributed by atoms with Crippen LogP contribution in [0.1, 0.15) is 51.4 Å². The summed E-state index contributed by atoms with van der Waals surface area (Å²) in [5.74, 6) is -0.149. The Morgan fingerprint density at radius 2 is 1.95 bits per heavy atom. The minimum Gasteiger partial charge on any atom is -0.460 e. The molecule has 0 fully saturated rings. The monoisotopic (exact) mass is 265 g/mol. The van der Waals surface area contributed by atoms with Crippen LogP contribution in [0.3, 0.4) is 0 Å². The first kappa shape index (κ1) is 15.6. The van der Waals surface area contributed by atoms with Gasteiger partial charge in [0.15, 0.2) is 0 Å². The van der Waals surface area contributed by atoms with Gasteiger partial charge in [0, 0.05) is 12.1 Å². The van der Waals surface area contributed by atoms with Crippen molar-refractivity contribution in [1.29, 1.82) is 0 Å². The summed E-state index contributed by atoms with van der Waals surface area (Å²) in [5.41, 5.74) is 1.23. The second kappa shape index (κ2) is 7.24. The molecule has 0 amide bonds. The molecule has 1 rings (SSSR count). The number of carbonyl (C=O) groups is 1. The van der Waals surface area contributed by atoms with Gasteiger partial charge in [-0.25, -0.2) is 0 Å². The van der Waals surface area contributed by atoms with Crippen LogP contribution in [0.15, 0.2) is 18.2 Å². The fraction of sp³-hybridized carbons (Fsp3) is 0.600. The first-order chi connectivity index (χ1) is 8.90. The Morgan fingerprint density at radius 3 is 2.58 bits per heavy atom. The number of carbonyl (C=O) groups excluding carboxylic acids is 1. The molecule has 0 aliphatic carbocycles. The highest BCUT2D eigenvalue weighted by atomic mass is 16.6. The lowest BCUT2D eigenvalue weighted by Gasteiger charge is -2.19. The van der Waals surface area contributed by atoms with Crippen LogP contribution in [0.4, 0.5) is 0 Å². The summed E-state index contributed by atoms with van der Waals surface area (Å²) < 4.78 is 5.24. The Kier molecular flexibility index (Phi) is 5.96. The third-order valence-corrected chi connectivity index (χ3v) is 2.51. The maximum absolute atomic E-state index is 11.5. The summed E-state index contributed by atoms with van der Waals surface area (Å²) in [6.07, 6.45) is 2.94. The van der Waals surface area contributed by atoms with Crippen molar-refractivity contribution in [1.82, 2.24) is 4.98 Å². The van der Waals surface area contributed by atoms with Crippen LogP contribution in [0, 0.1) is 0 Å². The van der Waals surface area contributed by atoms with Gasteiger partial charge in [-0.2, -0.15) is 0 Å². The Hall–Kier alpha value is -1.42.